The molecule has 1 amide bonds. The molecule has 2 fully saturated rings. The standard InChI is InChI=1S/C17H23BF3NO3S/c1-15(2)16(3,4)25-18(24-15)12-8-13(26-10-12)14(23)22-7-5-6-11(9-22)17(19,20)21/h8,10-11H,5-7,9H2,1-4H3. The predicted molar refractivity (Wildman–Crippen MR) is 94.7 cm³/mol. The molecule has 1 aromatic rings. The van der Waals surface area contributed by atoms with E-state index in [0.29, 0.717) is 17.8 Å². The number of hydrogen-bond acceptors (Lipinski definition) is 4. The van der Waals surface area contributed by atoms with Crippen molar-refractivity contribution in [2.75, 3.05) is 13.1 Å². The molecule has 2 aliphatic heterocycles. The molecule has 4 nitrogen and oxygen atoms in total. The van der Waals surface area contributed by atoms with Crippen molar-refractivity contribution in [2.24, 2.45) is 5.92 Å². The highest BCUT2D eigenvalue weighted by Gasteiger charge is 2.52. The highest BCUT2D eigenvalue weighted by molar-refractivity contribution is 7.13. The Bertz CT molecular complexity index is 673. The van der Waals surface area contributed by atoms with Gasteiger partial charge in [0.2, 0.25) is 0 Å². The summed E-state index contributed by atoms with van der Waals surface area (Å²) in [5.41, 5.74) is -0.256. The molecule has 3 heterocycles. The van der Waals surface area contributed by atoms with Crippen LogP contribution in [0.25, 0.3) is 0 Å². The third kappa shape index (κ3) is 3.66. The predicted octanol–water partition coefficient (Wildman–Crippen LogP) is 3.46. The fourth-order valence-electron chi connectivity index (χ4n) is 3.15. The van der Waals surface area contributed by atoms with Gasteiger partial charge in [0.25, 0.3) is 5.91 Å². The molecule has 144 valence electrons. The van der Waals surface area contributed by atoms with Crippen molar-refractivity contribution in [3.05, 3.63) is 16.3 Å². The van der Waals surface area contributed by atoms with E-state index >= 15 is 0 Å². The van der Waals surface area contributed by atoms with Crippen molar-refractivity contribution in [1.82, 2.24) is 4.90 Å². The molecule has 0 aliphatic carbocycles. The molecule has 0 aromatic carbocycles. The molecule has 9 heteroatoms. The highest BCUT2D eigenvalue weighted by Crippen LogP contribution is 2.37. The second kappa shape index (κ2) is 6.53. The number of nitrogens with zero attached hydrogens (tertiary/aromatic N) is 1. The zero-order valence-electron chi connectivity index (χ0n) is 15.4. The zero-order valence-corrected chi connectivity index (χ0v) is 16.2. The van der Waals surface area contributed by atoms with Gasteiger partial charge in [-0.2, -0.15) is 13.2 Å². The first-order chi connectivity index (χ1) is 11.9. The van der Waals surface area contributed by atoms with E-state index in [9.17, 15) is 18.0 Å². The monoisotopic (exact) mass is 389 g/mol. The summed E-state index contributed by atoms with van der Waals surface area (Å²) < 4.78 is 50.8. The number of carbonyl (C=O) groups is 1. The molecule has 26 heavy (non-hydrogen) atoms. The largest absolute Gasteiger partial charge is 0.495 e. The van der Waals surface area contributed by atoms with Crippen LogP contribution in [0, 0.1) is 5.92 Å². The summed E-state index contributed by atoms with van der Waals surface area (Å²) in [5, 5.41) is 1.78. The van der Waals surface area contributed by atoms with Gasteiger partial charge in [-0.05, 0) is 57.4 Å². The van der Waals surface area contributed by atoms with Crippen LogP contribution in [-0.4, -0.2) is 48.4 Å². The summed E-state index contributed by atoms with van der Waals surface area (Å²) in [6.45, 7) is 7.85. The molecular weight excluding hydrogens is 366 g/mol. The van der Waals surface area contributed by atoms with E-state index in [1.807, 2.05) is 27.7 Å². The minimum Gasteiger partial charge on any atom is -0.399 e. The lowest BCUT2D eigenvalue weighted by atomic mass is 9.81. The van der Waals surface area contributed by atoms with Crippen molar-refractivity contribution in [3.8, 4) is 0 Å². The molecular formula is C17H23BF3NO3S. The zero-order chi connectivity index (χ0) is 19.3. The summed E-state index contributed by atoms with van der Waals surface area (Å²) in [5.74, 6) is -1.80. The molecule has 0 saturated carbocycles. The van der Waals surface area contributed by atoms with Gasteiger partial charge >= 0.3 is 13.3 Å². The summed E-state index contributed by atoms with van der Waals surface area (Å²) in [7, 11) is -0.581. The van der Waals surface area contributed by atoms with Crippen LogP contribution in [0.5, 0.6) is 0 Å². The van der Waals surface area contributed by atoms with E-state index in [4.69, 9.17) is 9.31 Å². The van der Waals surface area contributed by atoms with Gasteiger partial charge in [-0.3, -0.25) is 4.79 Å². The number of rotatable bonds is 2. The second-order valence-corrected chi connectivity index (χ2v) is 8.88. The van der Waals surface area contributed by atoms with Gasteiger partial charge in [-0.1, -0.05) is 0 Å². The molecule has 3 rings (SSSR count). The maximum absolute atomic E-state index is 13.0. The molecule has 1 unspecified atom stereocenters. The van der Waals surface area contributed by atoms with Crippen LogP contribution < -0.4 is 5.46 Å². The van der Waals surface area contributed by atoms with Gasteiger partial charge in [0.15, 0.2) is 0 Å². The minimum atomic E-state index is -4.26. The van der Waals surface area contributed by atoms with Crippen molar-refractivity contribution >= 4 is 29.8 Å². The van der Waals surface area contributed by atoms with Crippen molar-refractivity contribution < 1.29 is 27.3 Å². The number of amides is 1. The molecule has 1 aromatic heterocycles. The summed E-state index contributed by atoms with van der Waals surface area (Å²) >= 11 is 1.21. The summed E-state index contributed by atoms with van der Waals surface area (Å²) in [6.07, 6.45) is -3.81. The number of halogens is 3. The van der Waals surface area contributed by atoms with E-state index < -0.39 is 30.4 Å². The van der Waals surface area contributed by atoms with Crippen LogP contribution in [0.1, 0.15) is 50.2 Å². The van der Waals surface area contributed by atoms with Gasteiger partial charge in [-0.25, -0.2) is 0 Å². The van der Waals surface area contributed by atoms with Gasteiger partial charge in [0.1, 0.15) is 0 Å². The first-order valence-corrected chi connectivity index (χ1v) is 9.59. The smallest absolute Gasteiger partial charge is 0.399 e. The Morgan fingerprint density at radius 1 is 1.27 bits per heavy atom. The molecule has 2 aliphatic rings. The summed E-state index contributed by atoms with van der Waals surface area (Å²) in [6, 6.07) is 1.67. The number of thiophene rings is 1. The van der Waals surface area contributed by atoms with Gasteiger partial charge in [0, 0.05) is 13.1 Å². The van der Waals surface area contributed by atoms with E-state index in [2.05, 4.69) is 0 Å². The van der Waals surface area contributed by atoms with Gasteiger partial charge < -0.3 is 14.2 Å². The quantitative estimate of drug-likeness (QED) is 0.728. The van der Waals surface area contributed by atoms with Crippen LogP contribution >= 0.6 is 11.3 Å². The Kier molecular flexibility index (Phi) is 4.95. The Hall–Kier alpha value is -1.06. The molecule has 0 spiro atoms. The normalized spacial score (nSPS) is 25.6. The average molecular weight is 389 g/mol. The van der Waals surface area contributed by atoms with E-state index in [0.717, 1.165) is 5.46 Å². The van der Waals surface area contributed by atoms with Crippen molar-refractivity contribution in [2.45, 2.75) is 57.9 Å². The average Bonchev–Trinajstić information content (AvgIpc) is 3.09. The van der Waals surface area contributed by atoms with Crippen LogP contribution in [0.2, 0.25) is 0 Å². The topological polar surface area (TPSA) is 38.8 Å². The fraction of sp³-hybridized carbons (Fsp3) is 0.706. The molecule has 1 atom stereocenters. The van der Waals surface area contributed by atoms with Gasteiger partial charge in [-0.15, -0.1) is 11.3 Å². The Morgan fingerprint density at radius 3 is 2.46 bits per heavy atom. The second-order valence-electron chi connectivity index (χ2n) is 7.96. The maximum Gasteiger partial charge on any atom is 0.495 e. The van der Waals surface area contributed by atoms with Crippen LogP contribution in [0.15, 0.2) is 11.4 Å². The Labute approximate surface area is 155 Å². The van der Waals surface area contributed by atoms with E-state index in [-0.39, 0.29) is 18.9 Å². The van der Waals surface area contributed by atoms with Crippen molar-refractivity contribution in [3.63, 3.8) is 0 Å². The number of alkyl halides is 3. The Morgan fingerprint density at radius 2 is 1.88 bits per heavy atom. The van der Waals surface area contributed by atoms with Crippen LogP contribution in [-0.2, 0) is 9.31 Å². The van der Waals surface area contributed by atoms with E-state index in [1.165, 1.54) is 16.2 Å². The molecule has 0 bridgehead atoms. The third-order valence-electron chi connectivity index (χ3n) is 5.53. The maximum atomic E-state index is 13.0. The molecule has 2 saturated heterocycles. The lowest BCUT2D eigenvalue weighted by Crippen LogP contribution is -2.44. The number of hydrogen-bond donors (Lipinski definition) is 0. The van der Waals surface area contributed by atoms with Crippen LogP contribution in [0.4, 0.5) is 13.2 Å². The van der Waals surface area contributed by atoms with E-state index in [1.54, 1.807) is 11.4 Å². The SMILES string of the molecule is CC1(C)OB(c2csc(C(=O)N3CCCC(C(F)(F)F)C3)c2)OC1(C)C. The molecule has 0 radical (unpaired) electrons. The lowest BCUT2D eigenvalue weighted by molar-refractivity contribution is -0.184. The first-order valence-electron chi connectivity index (χ1n) is 8.71. The fourth-order valence-corrected chi connectivity index (χ4v) is 4.03. The number of piperidine rings is 1. The molecule has 0 N–H and O–H groups in total. The lowest BCUT2D eigenvalue weighted by Gasteiger charge is -2.33. The van der Waals surface area contributed by atoms with Gasteiger partial charge in [0.05, 0.1) is 22.0 Å². The first kappa shape index (κ1) is 19.7. The highest BCUT2D eigenvalue weighted by atomic mass is 32.1. The van der Waals surface area contributed by atoms with Crippen molar-refractivity contribution in [1.29, 1.82) is 0 Å². The van der Waals surface area contributed by atoms with Crippen LogP contribution in [0.3, 0.4) is 0 Å². The third-order valence-corrected chi connectivity index (χ3v) is 6.46. The Balaban J connectivity index is 1.71. The summed E-state index contributed by atoms with van der Waals surface area (Å²) in [4.78, 5) is 14.4. The number of likely N-dealkylation sites (tertiary alicyclic amines) is 1. The minimum absolute atomic E-state index is 0.0802. The number of carbonyl (C=O) groups excluding carboxylic acids is 1.